The van der Waals surface area contributed by atoms with E-state index in [0.29, 0.717) is 0 Å². The predicted octanol–water partition coefficient (Wildman–Crippen LogP) is 1.75. The van der Waals surface area contributed by atoms with Crippen molar-refractivity contribution in [2.75, 3.05) is 58.9 Å². The lowest BCUT2D eigenvalue weighted by Gasteiger charge is -2.29. The fraction of sp³-hybridized carbons (Fsp3) is 0.741. The SMILES string of the molecule is CC(=O)C(CCCNC(=O)C(F)(F)F)NC(=O)C(CCCNC(=O)C(F)(F)F)NCC(CCCNC(=O)C(F)(F)F)NC(=O)C(CCCNC(=O)C(F)(F)F)NC(=O)C(CCCNC(=O)C(F)(F)F)NC(=O)C(CCCNC(=O)C(F)(F)F)NC(=O)C(CCCNC(=O)C(F)(F)F)NC(=O)C(C)CCCNC(=O)C(F)(F)F. The summed E-state index contributed by atoms with van der Waals surface area (Å²) in [6.07, 6.45) is -55.7. The number of hydrogen-bond acceptors (Lipinski definition) is 16. The number of ketones is 1. The molecule has 0 bridgehead atoms. The second-order valence-electron chi connectivity index (χ2n) is 24.2. The third kappa shape index (κ3) is 43.4. The first-order chi connectivity index (χ1) is 51.2. The van der Waals surface area contributed by atoms with Gasteiger partial charge < -0.3 is 79.8 Å². The van der Waals surface area contributed by atoms with Crippen LogP contribution in [0.3, 0.4) is 0 Å². The van der Waals surface area contributed by atoms with Crippen LogP contribution in [0.15, 0.2) is 0 Å². The summed E-state index contributed by atoms with van der Waals surface area (Å²) in [5.41, 5.74) is 0. The highest BCUT2D eigenvalue weighted by molar-refractivity contribution is 5.96. The molecule has 0 saturated carbocycles. The van der Waals surface area contributed by atoms with E-state index in [2.05, 4.69) is 21.3 Å². The minimum atomic E-state index is -5.61. The third-order valence-corrected chi connectivity index (χ3v) is 15.0. The third-order valence-electron chi connectivity index (χ3n) is 15.0. The molecule has 15 N–H and O–H groups in total. The van der Waals surface area contributed by atoms with Crippen molar-refractivity contribution >= 4 is 88.5 Å². The summed E-state index contributed by atoms with van der Waals surface area (Å²) < 4.78 is 314. The maximum absolute atomic E-state index is 14.6. The number of carbonyl (C=O) groups excluding carboxylic acids is 15. The van der Waals surface area contributed by atoms with Gasteiger partial charge in [0.15, 0.2) is 5.78 Å². The van der Waals surface area contributed by atoms with Crippen LogP contribution in [0.2, 0.25) is 0 Å². The fourth-order valence-electron chi connectivity index (χ4n) is 9.14. The normalized spacial score (nSPS) is 14.4. The van der Waals surface area contributed by atoms with Crippen molar-refractivity contribution in [2.24, 2.45) is 5.92 Å². The molecule has 0 aliphatic heterocycles. The van der Waals surface area contributed by atoms with Crippen LogP contribution in [0.1, 0.15) is 117 Å². The smallest absolute Gasteiger partial charge is 0.350 e. The Hall–Kier alpha value is -9.47. The Morgan fingerprint density at radius 1 is 0.232 bits per heavy atom. The van der Waals surface area contributed by atoms with Crippen LogP contribution in [0, 0.1) is 5.92 Å². The van der Waals surface area contributed by atoms with Gasteiger partial charge in [-0.2, -0.15) is 105 Å². The quantitative estimate of drug-likeness (QED) is 0.0305. The molecule has 0 aromatic heterocycles. The number of halogens is 24. The van der Waals surface area contributed by atoms with Gasteiger partial charge in [-0.1, -0.05) is 6.92 Å². The van der Waals surface area contributed by atoms with Gasteiger partial charge in [-0.05, 0) is 110 Å². The minimum absolute atomic E-state index is 0.392. The molecule has 0 heterocycles. The average molecular weight is 1680 g/mol. The number of carbonyl (C=O) groups is 15. The molecule has 0 rings (SSSR count). The molecule has 112 heavy (non-hydrogen) atoms. The first-order valence-corrected chi connectivity index (χ1v) is 33.1. The Morgan fingerprint density at radius 3 is 0.643 bits per heavy atom. The zero-order valence-corrected chi connectivity index (χ0v) is 58.5. The van der Waals surface area contributed by atoms with Gasteiger partial charge in [0.05, 0.1) is 12.1 Å². The van der Waals surface area contributed by atoms with Crippen molar-refractivity contribution in [3.8, 4) is 0 Å². The van der Waals surface area contributed by atoms with Crippen molar-refractivity contribution in [2.45, 2.75) is 208 Å². The molecule has 0 aromatic rings. The Bertz CT molecular complexity index is 3150. The van der Waals surface area contributed by atoms with E-state index in [0.717, 1.165) is 13.8 Å². The highest BCUT2D eigenvalue weighted by Crippen LogP contribution is 2.22. The molecule has 54 heteroatoms. The second kappa shape index (κ2) is 47.1. The maximum Gasteiger partial charge on any atom is 0.471 e. The summed E-state index contributed by atoms with van der Waals surface area (Å²) in [6.45, 7) is -6.54. The summed E-state index contributed by atoms with van der Waals surface area (Å²) in [5.74, 6) is -31.7. The molecular formula is C58H79F24N15O15. The molecule has 14 amide bonds. The van der Waals surface area contributed by atoms with Crippen molar-refractivity contribution < 1.29 is 177 Å². The highest BCUT2D eigenvalue weighted by Gasteiger charge is 2.45. The molecule has 0 aromatic carbocycles. The molecule has 8 unspecified atom stereocenters. The van der Waals surface area contributed by atoms with Crippen molar-refractivity contribution in [1.82, 2.24) is 79.8 Å². The Labute approximate surface area is 617 Å². The van der Waals surface area contributed by atoms with E-state index in [1.54, 1.807) is 0 Å². The average Bonchev–Trinajstić information content (AvgIpc) is 0.859. The van der Waals surface area contributed by atoms with Crippen molar-refractivity contribution in [3.05, 3.63) is 0 Å². The molecule has 0 fully saturated rings. The fourth-order valence-corrected chi connectivity index (χ4v) is 9.14. The Morgan fingerprint density at radius 2 is 0.411 bits per heavy atom. The number of amides is 14. The molecule has 0 spiro atoms. The number of hydrogen-bond donors (Lipinski definition) is 15. The van der Waals surface area contributed by atoms with Gasteiger partial charge in [-0.15, -0.1) is 0 Å². The van der Waals surface area contributed by atoms with E-state index in [4.69, 9.17) is 0 Å². The van der Waals surface area contributed by atoms with E-state index >= 15 is 0 Å². The van der Waals surface area contributed by atoms with Crippen molar-refractivity contribution in [1.29, 1.82) is 0 Å². The van der Waals surface area contributed by atoms with Gasteiger partial charge in [0.1, 0.15) is 24.2 Å². The number of rotatable bonds is 48. The van der Waals surface area contributed by atoms with E-state index in [-0.39, 0.29) is 0 Å². The van der Waals surface area contributed by atoms with E-state index < -0.39 is 348 Å². The largest absolute Gasteiger partial charge is 0.471 e. The lowest BCUT2D eigenvalue weighted by molar-refractivity contribution is -0.173. The molecule has 8 atom stereocenters. The van der Waals surface area contributed by atoms with Crippen LogP contribution in [0.25, 0.3) is 0 Å². The van der Waals surface area contributed by atoms with E-state index in [9.17, 15) is 177 Å². The standard InChI is InChI=1S/C58H79F24N15O15/c1-28(11-3-19-83-43(105)51(59,60)61)37(99)94-34(16-8-24-88-48(110)56(74,75)76)40(102)96-36(18-10-26-90-50(112)58(80,81)82)42(104)97-35(17-9-25-89-49(111)57(77,78)79)41(103)95-33(15-7-23-87-47(109)55(71,72)73)39(101)92-30(12-4-20-84-44(106)52(62,63)64)27-91-32(14-6-22-86-46(108)54(68,69)70)38(100)93-31(29(2)98)13-5-21-85-45(107)53(65,66)67/h28,30-36,91H,3-27H2,1-2H3,(H,83,105)(H,84,106)(H,85,107)(H,86,108)(H,87,109)(H,88,110)(H,89,111)(H,90,112)(H,92,101)(H,93,100)(H,94,99)(H,95,103)(H,96,102)(H,97,104). The van der Waals surface area contributed by atoms with Crippen LogP contribution in [0.5, 0.6) is 0 Å². The van der Waals surface area contributed by atoms with Crippen LogP contribution in [-0.4, -0.2) is 239 Å². The van der Waals surface area contributed by atoms with Crippen LogP contribution in [0.4, 0.5) is 105 Å². The summed E-state index contributed by atoms with van der Waals surface area (Å²) in [4.78, 5) is 190. The van der Waals surface area contributed by atoms with Gasteiger partial charge in [-0.3, -0.25) is 71.9 Å². The molecule has 0 radical (unpaired) electrons. The van der Waals surface area contributed by atoms with E-state index in [1.807, 2.05) is 16.0 Å². The summed E-state index contributed by atoms with van der Waals surface area (Å²) in [7, 11) is 0. The van der Waals surface area contributed by atoms with Gasteiger partial charge in [-0.25, -0.2) is 0 Å². The van der Waals surface area contributed by atoms with Crippen molar-refractivity contribution in [3.63, 3.8) is 0 Å². The van der Waals surface area contributed by atoms with Gasteiger partial charge in [0.2, 0.25) is 35.4 Å². The topological polar surface area (TPSA) is 436 Å². The zero-order valence-electron chi connectivity index (χ0n) is 58.5. The monoisotopic (exact) mass is 1680 g/mol. The van der Waals surface area contributed by atoms with Crippen LogP contribution >= 0.6 is 0 Å². The number of nitrogens with one attached hydrogen (secondary N) is 15. The molecular weight excluding hydrogens is 1600 g/mol. The molecule has 30 nitrogen and oxygen atoms in total. The van der Waals surface area contributed by atoms with Gasteiger partial charge in [0, 0.05) is 70.9 Å². The molecule has 644 valence electrons. The lowest BCUT2D eigenvalue weighted by Crippen LogP contribution is -2.59. The number of alkyl halides is 24. The predicted molar refractivity (Wildman–Crippen MR) is 330 cm³/mol. The number of Topliss-reactive ketones (excluding diaryl/α,β-unsaturated/α-hetero) is 1. The Balaban J connectivity index is 8.15. The Kier molecular flexibility index (Phi) is 43.2. The molecule has 0 aliphatic rings. The zero-order chi connectivity index (χ0) is 86.6. The molecule has 0 saturated heterocycles. The lowest BCUT2D eigenvalue weighted by atomic mass is 10.0. The van der Waals surface area contributed by atoms with Gasteiger partial charge >= 0.3 is 96.7 Å². The van der Waals surface area contributed by atoms with Crippen LogP contribution < -0.4 is 79.8 Å². The summed E-state index contributed by atoms with van der Waals surface area (Å²) in [6, 6.07) is -14.4. The maximum atomic E-state index is 14.6. The first-order valence-electron chi connectivity index (χ1n) is 33.1. The first kappa shape index (κ1) is 103. The minimum Gasteiger partial charge on any atom is -0.350 e. The van der Waals surface area contributed by atoms with Gasteiger partial charge in [0.25, 0.3) is 0 Å². The highest BCUT2D eigenvalue weighted by atomic mass is 19.4. The summed E-state index contributed by atoms with van der Waals surface area (Å²) >= 11 is 0. The second-order valence-corrected chi connectivity index (χ2v) is 24.2. The molecule has 0 aliphatic carbocycles. The summed E-state index contributed by atoms with van der Waals surface area (Å²) in [5, 5.41) is 26.3. The van der Waals surface area contributed by atoms with Crippen LogP contribution in [-0.2, 0) is 71.9 Å². The van der Waals surface area contributed by atoms with E-state index in [1.165, 1.54) is 42.5 Å².